The van der Waals surface area contributed by atoms with E-state index in [1.807, 2.05) is 26.0 Å². The lowest BCUT2D eigenvalue weighted by atomic mass is 10.1. The summed E-state index contributed by atoms with van der Waals surface area (Å²) < 4.78 is 11.2. The molecule has 0 amide bonds. The van der Waals surface area contributed by atoms with Crippen LogP contribution in [0.1, 0.15) is 53.4 Å². The summed E-state index contributed by atoms with van der Waals surface area (Å²) in [5.74, 6) is 1.64. The Hall–Kier alpha value is -1.38. The Balaban J connectivity index is 2.63. The minimum atomic E-state index is 0.481. The van der Waals surface area contributed by atoms with Crippen LogP contribution in [0.5, 0.6) is 11.5 Å². The van der Waals surface area contributed by atoms with Crippen molar-refractivity contribution in [1.29, 1.82) is 0 Å². The topological polar surface area (TPSA) is 30.5 Å². The second-order valence-electron chi connectivity index (χ2n) is 5.07. The fraction of sp³-hybridized carbons (Fsp3) is 0.647. The van der Waals surface area contributed by atoms with Gasteiger partial charge in [0.15, 0.2) is 11.5 Å². The Morgan fingerprint density at radius 3 is 2.35 bits per heavy atom. The number of rotatable bonds is 10. The fourth-order valence-electron chi connectivity index (χ4n) is 2.20. The highest BCUT2D eigenvalue weighted by Crippen LogP contribution is 2.31. The highest BCUT2D eigenvalue weighted by atomic mass is 16.5. The van der Waals surface area contributed by atoms with Crippen molar-refractivity contribution in [3.05, 3.63) is 18.2 Å². The van der Waals surface area contributed by atoms with Crippen LogP contribution in [0.25, 0.3) is 0 Å². The van der Waals surface area contributed by atoms with Crippen molar-refractivity contribution in [2.45, 2.75) is 59.4 Å². The molecular weight excluding hydrogens is 250 g/mol. The first-order valence-electron chi connectivity index (χ1n) is 7.87. The van der Waals surface area contributed by atoms with E-state index in [9.17, 15) is 0 Å². The Morgan fingerprint density at radius 2 is 1.70 bits per heavy atom. The van der Waals surface area contributed by atoms with Crippen LogP contribution in [0.4, 0.5) is 5.69 Å². The molecule has 1 aromatic carbocycles. The summed E-state index contributed by atoms with van der Waals surface area (Å²) in [5.41, 5.74) is 1.10. The van der Waals surface area contributed by atoms with Gasteiger partial charge >= 0.3 is 0 Å². The molecule has 0 aromatic heterocycles. The van der Waals surface area contributed by atoms with Crippen LogP contribution in [0.15, 0.2) is 18.2 Å². The average molecular weight is 279 g/mol. The first-order chi connectivity index (χ1) is 9.71. The highest BCUT2D eigenvalue weighted by molar-refractivity contribution is 5.55. The number of hydrogen-bond donors (Lipinski definition) is 1. The molecule has 0 bridgehead atoms. The van der Waals surface area contributed by atoms with E-state index in [1.54, 1.807) is 0 Å². The third kappa shape index (κ3) is 5.72. The van der Waals surface area contributed by atoms with Crippen molar-refractivity contribution in [3.8, 4) is 11.5 Å². The summed E-state index contributed by atoms with van der Waals surface area (Å²) in [6.45, 7) is 9.74. The number of hydrogen-bond acceptors (Lipinski definition) is 3. The van der Waals surface area contributed by atoms with Crippen molar-refractivity contribution >= 4 is 5.69 Å². The number of benzene rings is 1. The zero-order valence-electron chi connectivity index (χ0n) is 13.4. The average Bonchev–Trinajstić information content (AvgIpc) is 2.42. The van der Waals surface area contributed by atoms with Crippen LogP contribution >= 0.6 is 0 Å². The maximum atomic E-state index is 5.65. The third-order valence-corrected chi connectivity index (χ3v) is 3.20. The summed E-state index contributed by atoms with van der Waals surface area (Å²) in [4.78, 5) is 0. The molecule has 1 unspecified atom stereocenters. The van der Waals surface area contributed by atoms with Gasteiger partial charge in [0.2, 0.25) is 0 Å². The minimum absolute atomic E-state index is 0.481. The zero-order valence-corrected chi connectivity index (χ0v) is 13.4. The molecule has 1 N–H and O–H groups in total. The van der Waals surface area contributed by atoms with Gasteiger partial charge in [-0.25, -0.2) is 0 Å². The van der Waals surface area contributed by atoms with E-state index < -0.39 is 0 Å². The molecule has 0 spiro atoms. The van der Waals surface area contributed by atoms with Crippen LogP contribution in [-0.4, -0.2) is 19.3 Å². The van der Waals surface area contributed by atoms with E-state index in [-0.39, 0.29) is 0 Å². The Kier molecular flexibility index (Phi) is 7.93. The lowest BCUT2D eigenvalue weighted by molar-refractivity contribution is 0.288. The largest absolute Gasteiger partial charge is 0.490 e. The predicted octanol–water partition coefficient (Wildman–Crippen LogP) is 4.86. The summed E-state index contributed by atoms with van der Waals surface area (Å²) in [5, 5.41) is 3.53. The van der Waals surface area contributed by atoms with Gasteiger partial charge < -0.3 is 14.8 Å². The first kappa shape index (κ1) is 16.7. The molecular formula is C17H29NO2. The number of nitrogens with one attached hydrogen (secondary N) is 1. The summed E-state index contributed by atoms with van der Waals surface area (Å²) in [6, 6.07) is 6.55. The Morgan fingerprint density at radius 1 is 1.00 bits per heavy atom. The van der Waals surface area contributed by atoms with Crippen molar-refractivity contribution in [1.82, 2.24) is 0 Å². The van der Waals surface area contributed by atoms with Gasteiger partial charge in [-0.1, -0.05) is 26.2 Å². The molecule has 20 heavy (non-hydrogen) atoms. The second-order valence-corrected chi connectivity index (χ2v) is 5.07. The minimum Gasteiger partial charge on any atom is -0.490 e. The molecule has 0 radical (unpaired) electrons. The summed E-state index contributed by atoms with van der Waals surface area (Å²) in [7, 11) is 0. The molecule has 0 heterocycles. The Labute approximate surface area is 123 Å². The maximum Gasteiger partial charge on any atom is 0.163 e. The van der Waals surface area contributed by atoms with E-state index >= 15 is 0 Å². The first-order valence-corrected chi connectivity index (χ1v) is 7.87. The van der Waals surface area contributed by atoms with E-state index in [1.165, 1.54) is 25.7 Å². The lowest BCUT2D eigenvalue weighted by Crippen LogP contribution is -2.15. The molecule has 114 valence electrons. The summed E-state index contributed by atoms with van der Waals surface area (Å²) >= 11 is 0. The van der Waals surface area contributed by atoms with Crippen molar-refractivity contribution in [2.24, 2.45) is 0 Å². The molecule has 0 aliphatic heterocycles. The molecule has 0 aliphatic rings. The van der Waals surface area contributed by atoms with Gasteiger partial charge in [-0.15, -0.1) is 0 Å². The van der Waals surface area contributed by atoms with E-state index in [0.29, 0.717) is 19.3 Å². The van der Waals surface area contributed by atoms with Crippen molar-refractivity contribution in [2.75, 3.05) is 18.5 Å². The fourth-order valence-corrected chi connectivity index (χ4v) is 2.20. The third-order valence-electron chi connectivity index (χ3n) is 3.20. The quantitative estimate of drug-likeness (QED) is 0.620. The monoisotopic (exact) mass is 279 g/mol. The van der Waals surface area contributed by atoms with Gasteiger partial charge in [0, 0.05) is 17.8 Å². The van der Waals surface area contributed by atoms with Gasteiger partial charge in [0.05, 0.1) is 13.2 Å². The van der Waals surface area contributed by atoms with Crippen LogP contribution in [0.3, 0.4) is 0 Å². The van der Waals surface area contributed by atoms with Crippen LogP contribution < -0.4 is 14.8 Å². The van der Waals surface area contributed by atoms with Gasteiger partial charge in [0.25, 0.3) is 0 Å². The molecule has 3 heteroatoms. The second kappa shape index (κ2) is 9.51. The van der Waals surface area contributed by atoms with E-state index in [0.717, 1.165) is 17.2 Å². The van der Waals surface area contributed by atoms with Crippen LogP contribution in [-0.2, 0) is 0 Å². The molecule has 1 rings (SSSR count). The molecule has 3 nitrogen and oxygen atoms in total. The van der Waals surface area contributed by atoms with Crippen LogP contribution in [0, 0.1) is 0 Å². The molecule has 0 saturated carbocycles. The van der Waals surface area contributed by atoms with Crippen LogP contribution in [0.2, 0.25) is 0 Å². The SMILES string of the molecule is CCCCCC(C)Nc1ccc(OCC)c(OCC)c1. The molecule has 1 aromatic rings. The maximum absolute atomic E-state index is 5.65. The number of unbranched alkanes of at least 4 members (excludes halogenated alkanes) is 2. The van der Waals surface area contributed by atoms with Gasteiger partial charge in [-0.05, 0) is 39.3 Å². The normalized spacial score (nSPS) is 12.0. The molecule has 0 saturated heterocycles. The molecule has 0 fully saturated rings. The Bertz CT molecular complexity index is 379. The lowest BCUT2D eigenvalue weighted by Gasteiger charge is -2.17. The number of anilines is 1. The van der Waals surface area contributed by atoms with E-state index in [2.05, 4.69) is 25.2 Å². The predicted molar refractivity (Wildman–Crippen MR) is 86.0 cm³/mol. The molecule has 0 aliphatic carbocycles. The molecule has 1 atom stereocenters. The summed E-state index contributed by atoms with van der Waals surface area (Å²) in [6.07, 6.45) is 5.05. The van der Waals surface area contributed by atoms with Crippen molar-refractivity contribution < 1.29 is 9.47 Å². The van der Waals surface area contributed by atoms with E-state index in [4.69, 9.17) is 9.47 Å². The van der Waals surface area contributed by atoms with Gasteiger partial charge in [0.1, 0.15) is 0 Å². The van der Waals surface area contributed by atoms with Crippen molar-refractivity contribution in [3.63, 3.8) is 0 Å². The van der Waals surface area contributed by atoms with Gasteiger partial charge in [-0.3, -0.25) is 0 Å². The van der Waals surface area contributed by atoms with Gasteiger partial charge in [-0.2, -0.15) is 0 Å². The smallest absolute Gasteiger partial charge is 0.163 e. The number of ether oxygens (including phenoxy) is 2. The zero-order chi connectivity index (χ0) is 14.8. The standard InChI is InChI=1S/C17H29NO2/c1-5-8-9-10-14(4)18-15-11-12-16(19-6-2)17(13-15)20-7-3/h11-14,18H,5-10H2,1-4H3. The highest BCUT2D eigenvalue weighted by Gasteiger charge is 2.08.